The van der Waals surface area contributed by atoms with Crippen molar-refractivity contribution in [3.05, 3.63) is 171 Å². The SMILES string of the molecule is Cc1ccc(-c2c3nc(c(-c4ccc(C)cc4)c4ccc(s4)c(-c4ccc(C)cc4)c4nc(c(-c5ccc(N=[N+]=[N-])cc5)c5ccc2[nH]5)C=C4)C=C3)cc1. The number of hydrogen-bond donors (Lipinski definition) is 1. The molecule has 0 radical (unpaired) electrons. The zero-order valence-electron chi connectivity index (χ0n) is 30.0. The van der Waals surface area contributed by atoms with E-state index in [1.54, 1.807) is 11.3 Å². The number of azide groups is 1. The quantitative estimate of drug-likeness (QED) is 0.109. The van der Waals surface area contributed by atoms with Crippen molar-refractivity contribution in [3.8, 4) is 44.5 Å². The molecule has 2 aliphatic rings. The molecule has 7 heteroatoms. The van der Waals surface area contributed by atoms with Gasteiger partial charge in [0, 0.05) is 53.3 Å². The second-order valence-corrected chi connectivity index (χ2v) is 14.8. The average Bonchev–Trinajstić information content (AvgIpc) is 4.02. The van der Waals surface area contributed by atoms with E-state index in [0.29, 0.717) is 5.69 Å². The second-order valence-electron chi connectivity index (χ2n) is 13.7. The van der Waals surface area contributed by atoms with Crippen LogP contribution in [0.15, 0.2) is 126 Å². The maximum absolute atomic E-state index is 9.07. The maximum Gasteiger partial charge on any atom is 0.0737 e. The number of thiophene rings is 1. The smallest absolute Gasteiger partial charge is 0.0737 e. The lowest BCUT2D eigenvalue weighted by atomic mass is 10.0. The van der Waals surface area contributed by atoms with Crippen LogP contribution in [-0.4, -0.2) is 15.0 Å². The van der Waals surface area contributed by atoms with E-state index in [9.17, 15) is 0 Å². The van der Waals surface area contributed by atoms with Gasteiger partial charge >= 0.3 is 0 Å². The number of H-pyrrole nitrogens is 1. The molecular formula is C47H34N6S. The van der Waals surface area contributed by atoms with Gasteiger partial charge in [-0.3, -0.25) is 0 Å². The lowest BCUT2D eigenvalue weighted by Crippen LogP contribution is -1.89. The summed E-state index contributed by atoms with van der Waals surface area (Å²) in [5, 5.41) is 3.82. The van der Waals surface area contributed by atoms with Gasteiger partial charge in [-0.05, 0) is 97.1 Å². The molecule has 0 amide bonds. The summed E-state index contributed by atoms with van der Waals surface area (Å²) in [7, 11) is 0. The van der Waals surface area contributed by atoms with Gasteiger partial charge in [-0.15, -0.1) is 11.3 Å². The summed E-state index contributed by atoms with van der Waals surface area (Å²) < 4.78 is 2.25. The Balaban J connectivity index is 1.45. The molecule has 1 N–H and O–H groups in total. The minimum absolute atomic E-state index is 0.553. The number of aromatic nitrogens is 3. The van der Waals surface area contributed by atoms with Crippen LogP contribution in [0.25, 0.3) is 99.7 Å². The molecule has 0 atom stereocenters. The van der Waals surface area contributed by atoms with E-state index in [1.165, 1.54) is 16.7 Å². The van der Waals surface area contributed by atoms with E-state index in [0.717, 1.165) is 87.7 Å². The van der Waals surface area contributed by atoms with Gasteiger partial charge in [0.1, 0.15) is 0 Å². The van der Waals surface area contributed by atoms with Crippen molar-refractivity contribution >= 4 is 61.8 Å². The third kappa shape index (κ3) is 6.11. The molecule has 0 aliphatic carbocycles. The predicted octanol–water partition coefficient (Wildman–Crippen LogP) is 13.9. The maximum atomic E-state index is 9.07. The molecule has 0 spiro atoms. The van der Waals surface area contributed by atoms with Crippen LogP contribution in [-0.2, 0) is 0 Å². The van der Waals surface area contributed by atoms with Crippen molar-refractivity contribution in [2.24, 2.45) is 5.11 Å². The molecule has 3 aromatic heterocycles. The monoisotopic (exact) mass is 714 g/mol. The molecule has 9 rings (SSSR count). The molecule has 0 saturated carbocycles. The first-order chi connectivity index (χ1) is 26.4. The van der Waals surface area contributed by atoms with Crippen LogP contribution in [0.3, 0.4) is 0 Å². The van der Waals surface area contributed by atoms with Gasteiger partial charge in [0.15, 0.2) is 0 Å². The summed E-state index contributed by atoms with van der Waals surface area (Å²) in [4.78, 5) is 17.6. The molecule has 0 saturated heterocycles. The van der Waals surface area contributed by atoms with E-state index in [4.69, 9.17) is 15.5 Å². The molecule has 0 unspecified atom stereocenters. The second kappa shape index (κ2) is 13.6. The summed E-state index contributed by atoms with van der Waals surface area (Å²) in [6.07, 6.45) is 8.52. The van der Waals surface area contributed by atoms with Crippen molar-refractivity contribution in [3.63, 3.8) is 0 Å². The van der Waals surface area contributed by atoms with Crippen molar-refractivity contribution < 1.29 is 0 Å². The molecule has 8 bridgehead atoms. The summed E-state index contributed by atoms with van der Waals surface area (Å²) in [6, 6.07) is 42.4. The van der Waals surface area contributed by atoms with E-state index in [2.05, 4.69) is 157 Å². The first-order valence-corrected chi connectivity index (χ1v) is 18.7. The Hall–Kier alpha value is -6.79. The number of hydrogen-bond acceptors (Lipinski definition) is 4. The fraction of sp³-hybridized carbons (Fsp3) is 0.0638. The minimum Gasteiger partial charge on any atom is -0.354 e. The Labute approximate surface area is 317 Å². The number of rotatable bonds is 5. The van der Waals surface area contributed by atoms with Crippen LogP contribution in [0.1, 0.15) is 39.5 Å². The highest BCUT2D eigenvalue weighted by Crippen LogP contribution is 2.41. The first-order valence-electron chi connectivity index (χ1n) is 17.9. The normalized spacial score (nSPS) is 11.8. The summed E-state index contributed by atoms with van der Waals surface area (Å²) in [5.74, 6) is 0. The molecule has 6 nitrogen and oxygen atoms in total. The van der Waals surface area contributed by atoms with Crippen molar-refractivity contribution in [2.45, 2.75) is 20.8 Å². The highest BCUT2D eigenvalue weighted by molar-refractivity contribution is 7.24. The summed E-state index contributed by atoms with van der Waals surface area (Å²) in [6.45, 7) is 6.34. The van der Waals surface area contributed by atoms with Gasteiger partial charge in [-0.25, -0.2) is 9.97 Å². The van der Waals surface area contributed by atoms with Gasteiger partial charge in [-0.1, -0.05) is 119 Å². The number of benzene rings is 4. The minimum atomic E-state index is 0.553. The van der Waals surface area contributed by atoms with Gasteiger partial charge < -0.3 is 4.98 Å². The van der Waals surface area contributed by atoms with Crippen LogP contribution >= 0.6 is 11.3 Å². The van der Waals surface area contributed by atoms with Crippen LogP contribution in [0.2, 0.25) is 0 Å². The first kappa shape index (κ1) is 33.1. The van der Waals surface area contributed by atoms with Crippen LogP contribution < -0.4 is 0 Å². The van der Waals surface area contributed by atoms with E-state index < -0.39 is 0 Å². The summed E-state index contributed by atoms with van der Waals surface area (Å²) in [5.41, 5.74) is 27.0. The zero-order valence-corrected chi connectivity index (χ0v) is 30.8. The van der Waals surface area contributed by atoms with E-state index in [1.807, 2.05) is 24.3 Å². The highest BCUT2D eigenvalue weighted by atomic mass is 32.1. The molecule has 0 fully saturated rings. The van der Waals surface area contributed by atoms with Crippen molar-refractivity contribution in [1.82, 2.24) is 15.0 Å². The van der Waals surface area contributed by atoms with Crippen molar-refractivity contribution in [2.75, 3.05) is 0 Å². The molecule has 5 heterocycles. The summed E-state index contributed by atoms with van der Waals surface area (Å²) >= 11 is 1.76. The Morgan fingerprint density at radius 1 is 0.463 bits per heavy atom. The Bertz CT molecular complexity index is 2830. The van der Waals surface area contributed by atoms with Crippen LogP contribution in [0.4, 0.5) is 5.69 Å². The average molecular weight is 715 g/mol. The highest BCUT2D eigenvalue weighted by Gasteiger charge is 2.19. The number of aryl methyl sites for hydroxylation is 3. The van der Waals surface area contributed by atoms with Crippen LogP contribution in [0, 0.1) is 20.8 Å². The standard InChI is InChI=1S/C47H34N6S/c1-28-4-10-31(11-5-28)44-36-20-21-37(49-36)45(32-16-18-35(19-17-32)52-53-48)39-23-25-41(51-39)47(34-14-8-30(3)9-15-34)43-27-26-42(54-43)46(40-24-22-38(44)50-40)33-12-6-29(2)7-13-33/h4-27,49H,1-3H3. The van der Waals surface area contributed by atoms with Gasteiger partial charge in [0.25, 0.3) is 0 Å². The number of nitrogens with one attached hydrogen (secondary N) is 1. The molecule has 7 aromatic rings. The third-order valence-electron chi connectivity index (χ3n) is 9.96. The lowest BCUT2D eigenvalue weighted by molar-refractivity contribution is 1.32. The fourth-order valence-electron chi connectivity index (χ4n) is 7.20. The molecule has 54 heavy (non-hydrogen) atoms. The Kier molecular flexibility index (Phi) is 8.35. The predicted molar refractivity (Wildman–Crippen MR) is 227 cm³/mol. The number of nitrogens with zero attached hydrogens (tertiary/aromatic N) is 5. The van der Waals surface area contributed by atoms with Gasteiger partial charge in [0.05, 0.1) is 22.8 Å². The fourth-order valence-corrected chi connectivity index (χ4v) is 8.36. The van der Waals surface area contributed by atoms with Crippen molar-refractivity contribution in [1.29, 1.82) is 0 Å². The topological polar surface area (TPSA) is 90.3 Å². The van der Waals surface area contributed by atoms with Crippen LogP contribution in [0.5, 0.6) is 0 Å². The molecule has 2 aliphatic heterocycles. The molecular weight excluding hydrogens is 681 g/mol. The van der Waals surface area contributed by atoms with Gasteiger partial charge in [-0.2, -0.15) is 0 Å². The van der Waals surface area contributed by atoms with E-state index in [-0.39, 0.29) is 0 Å². The van der Waals surface area contributed by atoms with Gasteiger partial charge in [0.2, 0.25) is 0 Å². The third-order valence-corrected chi connectivity index (χ3v) is 11.1. The number of aromatic amines is 1. The largest absolute Gasteiger partial charge is 0.354 e. The Morgan fingerprint density at radius 3 is 1.20 bits per heavy atom. The van der Waals surface area contributed by atoms with E-state index >= 15 is 0 Å². The Morgan fingerprint density at radius 2 is 0.815 bits per heavy atom. The molecule has 258 valence electrons. The zero-order chi connectivity index (χ0) is 36.8. The number of fused-ring (bicyclic) bond motifs is 8. The molecule has 4 aromatic carbocycles. The lowest BCUT2D eigenvalue weighted by Gasteiger charge is -2.07.